The maximum Gasteiger partial charge on any atom is 0.255 e. The van der Waals surface area contributed by atoms with Crippen LogP contribution in [0.25, 0.3) is 55.7 Å². The zero-order valence-electron chi connectivity index (χ0n) is 24.7. The van der Waals surface area contributed by atoms with Crippen molar-refractivity contribution in [2.24, 2.45) is 0 Å². The molecule has 2 N–H and O–H groups in total. The summed E-state index contributed by atoms with van der Waals surface area (Å²) in [5, 5.41) is 3.59. The second-order valence-electron chi connectivity index (χ2n) is 10.5. The largest absolute Gasteiger partial charge is 0.494 e. The maximum atomic E-state index is 14.5. The lowest BCUT2D eigenvalue weighted by Crippen LogP contribution is -2.25. The van der Waals surface area contributed by atoms with Crippen LogP contribution in [0, 0.1) is 12.7 Å². The number of aryl methyl sites for hydroxylation is 1. The number of sulfonamides is 1. The summed E-state index contributed by atoms with van der Waals surface area (Å²) >= 11 is 0. The van der Waals surface area contributed by atoms with Gasteiger partial charge < -0.3 is 19.5 Å². The molecule has 6 aromatic rings. The number of amides is 1. The van der Waals surface area contributed by atoms with Crippen molar-refractivity contribution < 1.29 is 26.8 Å². The molecule has 44 heavy (non-hydrogen) atoms. The lowest BCUT2D eigenvalue weighted by molar-refractivity contribution is 0.0964. The minimum absolute atomic E-state index is 0.297. The van der Waals surface area contributed by atoms with Gasteiger partial charge in [-0.15, -0.1) is 0 Å². The SMILES string of the molecule is CNC(=O)c1c(-c2ccc(C)cc2)oc2cc(N(C)S(C)(=O)=O)c(-c3cc(-c4cc5c(F)cccc5[nH]4)ncc3OC)cc12. The zero-order valence-corrected chi connectivity index (χ0v) is 25.5. The van der Waals surface area contributed by atoms with E-state index >= 15 is 0 Å². The van der Waals surface area contributed by atoms with Crippen molar-refractivity contribution >= 4 is 43.5 Å². The van der Waals surface area contributed by atoms with Gasteiger partial charge in [-0.05, 0) is 37.3 Å². The van der Waals surface area contributed by atoms with E-state index in [9.17, 15) is 17.6 Å². The van der Waals surface area contributed by atoms with Gasteiger partial charge in [0.05, 0.1) is 42.2 Å². The summed E-state index contributed by atoms with van der Waals surface area (Å²) in [7, 11) is 0.733. The molecule has 0 spiro atoms. The average Bonchev–Trinajstić information content (AvgIpc) is 3.62. The van der Waals surface area contributed by atoms with E-state index in [-0.39, 0.29) is 11.7 Å². The summed E-state index contributed by atoms with van der Waals surface area (Å²) in [6.07, 6.45) is 2.62. The summed E-state index contributed by atoms with van der Waals surface area (Å²) < 4.78 is 53.3. The first-order valence-electron chi connectivity index (χ1n) is 13.7. The summed E-state index contributed by atoms with van der Waals surface area (Å²) in [4.78, 5) is 21.0. The number of pyridine rings is 1. The summed E-state index contributed by atoms with van der Waals surface area (Å²) in [5.74, 6) is -0.0153. The number of hydrogen-bond acceptors (Lipinski definition) is 6. The van der Waals surface area contributed by atoms with Crippen LogP contribution in [0.15, 0.2) is 77.3 Å². The quantitative estimate of drug-likeness (QED) is 0.212. The molecule has 0 unspecified atom stereocenters. The first-order chi connectivity index (χ1) is 21.0. The van der Waals surface area contributed by atoms with Crippen molar-refractivity contribution in [2.75, 3.05) is 31.8 Å². The van der Waals surface area contributed by atoms with Gasteiger partial charge in [-0.1, -0.05) is 35.9 Å². The lowest BCUT2D eigenvalue weighted by Gasteiger charge is -2.22. The van der Waals surface area contributed by atoms with E-state index in [1.54, 1.807) is 36.4 Å². The number of aromatic amines is 1. The smallest absolute Gasteiger partial charge is 0.255 e. The third-order valence-corrected chi connectivity index (χ3v) is 8.87. The Morgan fingerprint density at radius 1 is 1.05 bits per heavy atom. The molecule has 0 aliphatic carbocycles. The third-order valence-electron chi connectivity index (χ3n) is 7.68. The molecule has 0 atom stereocenters. The molecule has 0 fully saturated rings. The van der Waals surface area contributed by atoms with Gasteiger partial charge in [0, 0.05) is 53.1 Å². The van der Waals surface area contributed by atoms with Crippen LogP contribution in [0.3, 0.4) is 0 Å². The van der Waals surface area contributed by atoms with Crippen molar-refractivity contribution in [3.63, 3.8) is 0 Å². The van der Waals surface area contributed by atoms with Gasteiger partial charge in [0.25, 0.3) is 5.91 Å². The number of rotatable bonds is 7. The molecule has 9 nitrogen and oxygen atoms in total. The standard InChI is InChI=1S/C33H29FN4O5S/c1-18-9-11-19(12-10-18)32-31(33(39)35-2)23-13-20(28(16-29(23)43-32)38(3)44(5,40)41)21-14-26(36-17-30(21)42-4)27-15-22-24(34)7-6-8-25(22)37-27/h6-17,37H,1-5H3,(H,35,39). The number of H-pyrrole nitrogens is 1. The molecular weight excluding hydrogens is 583 g/mol. The molecule has 0 bridgehead atoms. The summed E-state index contributed by atoms with van der Waals surface area (Å²) in [5.41, 5.74) is 5.27. The van der Waals surface area contributed by atoms with E-state index in [0.29, 0.717) is 72.7 Å². The Balaban J connectivity index is 1.65. The first kappa shape index (κ1) is 28.9. The van der Waals surface area contributed by atoms with Gasteiger partial charge >= 0.3 is 0 Å². The molecule has 224 valence electrons. The minimum Gasteiger partial charge on any atom is -0.494 e. The van der Waals surface area contributed by atoms with Crippen LogP contribution in [0.5, 0.6) is 5.75 Å². The maximum absolute atomic E-state index is 14.5. The number of ether oxygens (including phenoxy) is 1. The Hall–Kier alpha value is -5.16. The number of furan rings is 1. The van der Waals surface area contributed by atoms with E-state index in [4.69, 9.17) is 9.15 Å². The predicted octanol–water partition coefficient (Wildman–Crippen LogP) is 6.52. The van der Waals surface area contributed by atoms with Crippen LogP contribution in [0.1, 0.15) is 15.9 Å². The minimum atomic E-state index is -3.73. The average molecular weight is 613 g/mol. The Kier molecular flexibility index (Phi) is 7.13. The van der Waals surface area contributed by atoms with Crippen molar-refractivity contribution in [1.82, 2.24) is 15.3 Å². The Bertz CT molecular complexity index is 2190. The normalized spacial score (nSPS) is 11.7. The fourth-order valence-electron chi connectivity index (χ4n) is 5.27. The van der Waals surface area contributed by atoms with Crippen molar-refractivity contribution in [1.29, 1.82) is 0 Å². The molecule has 0 radical (unpaired) electrons. The van der Waals surface area contributed by atoms with Gasteiger partial charge in [0.1, 0.15) is 22.9 Å². The number of fused-ring (bicyclic) bond motifs is 2. The number of anilines is 1. The number of benzene rings is 3. The number of halogens is 1. The van der Waals surface area contributed by atoms with E-state index in [1.807, 2.05) is 31.2 Å². The van der Waals surface area contributed by atoms with Crippen LogP contribution in [-0.4, -0.2) is 51.8 Å². The molecule has 3 aromatic heterocycles. The number of methoxy groups -OCH3 is 1. The van der Waals surface area contributed by atoms with Gasteiger partial charge in [-0.3, -0.25) is 14.1 Å². The highest BCUT2D eigenvalue weighted by Crippen LogP contribution is 2.44. The van der Waals surface area contributed by atoms with Gasteiger partial charge in [0.2, 0.25) is 10.0 Å². The summed E-state index contributed by atoms with van der Waals surface area (Å²) in [6.45, 7) is 1.96. The molecule has 0 aliphatic heterocycles. The molecule has 0 saturated heterocycles. The fraction of sp³-hybridized carbons (Fsp3) is 0.152. The molecule has 11 heteroatoms. The second-order valence-corrected chi connectivity index (χ2v) is 12.5. The molecule has 0 aliphatic rings. The predicted molar refractivity (Wildman–Crippen MR) is 170 cm³/mol. The second kappa shape index (κ2) is 10.8. The molecule has 6 rings (SSSR count). The van der Waals surface area contributed by atoms with E-state index in [1.165, 1.54) is 33.5 Å². The number of carbonyl (C=O) groups is 1. The summed E-state index contributed by atoms with van der Waals surface area (Å²) in [6, 6.07) is 19.1. The van der Waals surface area contributed by atoms with E-state index < -0.39 is 10.0 Å². The van der Waals surface area contributed by atoms with E-state index in [2.05, 4.69) is 15.3 Å². The van der Waals surface area contributed by atoms with Crippen LogP contribution in [0.4, 0.5) is 10.1 Å². The highest BCUT2D eigenvalue weighted by atomic mass is 32.2. The lowest BCUT2D eigenvalue weighted by atomic mass is 9.97. The fourth-order valence-corrected chi connectivity index (χ4v) is 5.77. The number of nitrogens with zero attached hydrogens (tertiary/aromatic N) is 2. The van der Waals surface area contributed by atoms with Crippen LogP contribution < -0.4 is 14.4 Å². The third kappa shape index (κ3) is 4.94. The van der Waals surface area contributed by atoms with Gasteiger partial charge in [-0.2, -0.15) is 0 Å². The van der Waals surface area contributed by atoms with Crippen LogP contribution >= 0.6 is 0 Å². The van der Waals surface area contributed by atoms with Gasteiger partial charge in [-0.25, -0.2) is 12.8 Å². The molecule has 1 amide bonds. The van der Waals surface area contributed by atoms with Crippen molar-refractivity contribution in [3.8, 4) is 39.6 Å². The highest BCUT2D eigenvalue weighted by Gasteiger charge is 2.27. The molecular formula is C33H29FN4O5S. The molecule has 3 aromatic carbocycles. The van der Waals surface area contributed by atoms with E-state index in [0.717, 1.165) is 16.1 Å². The van der Waals surface area contributed by atoms with Crippen molar-refractivity contribution in [3.05, 3.63) is 89.9 Å². The zero-order chi connectivity index (χ0) is 31.3. The molecule has 0 saturated carbocycles. The topological polar surface area (TPSA) is 118 Å². The molecule has 3 heterocycles. The Morgan fingerprint density at radius 3 is 2.45 bits per heavy atom. The monoisotopic (exact) mass is 612 g/mol. The number of hydrogen-bond donors (Lipinski definition) is 2. The van der Waals surface area contributed by atoms with Crippen LogP contribution in [0.2, 0.25) is 0 Å². The number of aromatic nitrogens is 2. The highest BCUT2D eigenvalue weighted by molar-refractivity contribution is 7.92. The first-order valence-corrected chi connectivity index (χ1v) is 15.5. The number of nitrogens with one attached hydrogen (secondary N) is 2. The number of carbonyl (C=O) groups excluding carboxylic acids is 1. The Labute approximate surface area is 253 Å². The van der Waals surface area contributed by atoms with Gasteiger partial charge in [0.15, 0.2) is 0 Å². The van der Waals surface area contributed by atoms with Crippen LogP contribution in [-0.2, 0) is 10.0 Å². The Morgan fingerprint density at radius 2 is 1.80 bits per heavy atom. The van der Waals surface area contributed by atoms with Crippen molar-refractivity contribution in [2.45, 2.75) is 6.92 Å².